The molecule has 0 aliphatic carbocycles. The van der Waals surface area contributed by atoms with E-state index in [0.717, 1.165) is 25.2 Å². The molecule has 1 N–H and O–H groups in total. The van der Waals surface area contributed by atoms with Crippen LogP contribution in [0, 0.1) is 5.92 Å². The fourth-order valence-corrected chi connectivity index (χ4v) is 3.48. The lowest BCUT2D eigenvalue weighted by Gasteiger charge is -2.35. The zero-order valence-corrected chi connectivity index (χ0v) is 14.2. The quantitative estimate of drug-likeness (QED) is 0.730. The molecule has 2 fully saturated rings. The Morgan fingerprint density at radius 3 is 2.67 bits per heavy atom. The summed E-state index contributed by atoms with van der Waals surface area (Å²) >= 11 is 0. The maximum Gasteiger partial charge on any atom is 0.0507 e. The Kier molecular flexibility index (Phi) is 7.21. The molecule has 3 nitrogen and oxygen atoms in total. The molecule has 2 heterocycles. The molecule has 21 heavy (non-hydrogen) atoms. The number of likely N-dealkylation sites (tertiary alicyclic amines) is 1. The van der Waals surface area contributed by atoms with Crippen molar-refractivity contribution >= 4 is 0 Å². The van der Waals surface area contributed by atoms with Gasteiger partial charge in [0.15, 0.2) is 0 Å². The van der Waals surface area contributed by atoms with Gasteiger partial charge in [-0.2, -0.15) is 0 Å². The number of piperidine rings is 1. The van der Waals surface area contributed by atoms with Gasteiger partial charge in [0.25, 0.3) is 0 Å². The van der Waals surface area contributed by atoms with E-state index in [1.54, 1.807) is 0 Å². The molecule has 0 aromatic carbocycles. The van der Waals surface area contributed by atoms with Gasteiger partial charge >= 0.3 is 0 Å². The molecule has 0 amide bonds. The maximum absolute atomic E-state index is 5.48. The summed E-state index contributed by atoms with van der Waals surface area (Å²) in [5, 5.41) is 3.83. The first-order chi connectivity index (χ1) is 10.1. The van der Waals surface area contributed by atoms with Crippen LogP contribution in [0.2, 0.25) is 0 Å². The Morgan fingerprint density at radius 1 is 1.29 bits per heavy atom. The average Bonchev–Trinajstić information content (AvgIpc) is 2.93. The van der Waals surface area contributed by atoms with Crippen LogP contribution in [0.25, 0.3) is 0 Å². The predicted octanol–water partition coefficient (Wildman–Crippen LogP) is 3.21. The van der Waals surface area contributed by atoms with Crippen LogP contribution in [-0.2, 0) is 4.74 Å². The highest BCUT2D eigenvalue weighted by Gasteiger charge is 2.24. The third-order valence-electron chi connectivity index (χ3n) is 4.80. The van der Waals surface area contributed by atoms with Gasteiger partial charge in [0, 0.05) is 25.2 Å². The van der Waals surface area contributed by atoms with E-state index in [1.165, 1.54) is 57.3 Å². The van der Waals surface area contributed by atoms with E-state index >= 15 is 0 Å². The van der Waals surface area contributed by atoms with Crippen LogP contribution in [0.4, 0.5) is 0 Å². The lowest BCUT2D eigenvalue weighted by Crippen LogP contribution is -2.46. The third kappa shape index (κ3) is 6.50. The Hall–Kier alpha value is -0.380. The highest BCUT2D eigenvalue weighted by molar-refractivity contribution is 4.93. The fraction of sp³-hybridized carbons (Fsp3) is 0.889. The summed E-state index contributed by atoms with van der Waals surface area (Å²) in [6.45, 7) is 12.4. The van der Waals surface area contributed by atoms with Crippen LogP contribution in [-0.4, -0.2) is 49.8 Å². The van der Waals surface area contributed by atoms with Crippen molar-refractivity contribution in [3.63, 3.8) is 0 Å². The second-order valence-electron chi connectivity index (χ2n) is 7.23. The topological polar surface area (TPSA) is 24.5 Å². The van der Waals surface area contributed by atoms with Crippen LogP contribution < -0.4 is 5.32 Å². The zero-order chi connectivity index (χ0) is 15.1. The van der Waals surface area contributed by atoms with E-state index in [1.807, 2.05) is 0 Å². The first-order valence-corrected chi connectivity index (χ1v) is 8.83. The molecule has 122 valence electrons. The molecule has 2 saturated heterocycles. The molecular formula is C18H34N2O. The second-order valence-corrected chi connectivity index (χ2v) is 7.23. The van der Waals surface area contributed by atoms with Crippen LogP contribution >= 0.6 is 0 Å². The lowest BCUT2D eigenvalue weighted by molar-refractivity contribution is 0.145. The van der Waals surface area contributed by atoms with Gasteiger partial charge in [-0.1, -0.05) is 11.6 Å². The summed E-state index contributed by atoms with van der Waals surface area (Å²) in [5.74, 6) is 0.789. The minimum atomic E-state index is 0.639. The van der Waals surface area contributed by atoms with Gasteiger partial charge in [-0.05, 0) is 71.9 Å². The second kappa shape index (κ2) is 8.92. The Morgan fingerprint density at radius 2 is 2.05 bits per heavy atom. The SMILES string of the molecule is CC(C)=CCCC(C)NC1CCN(CC2CCOC2)CC1. The third-order valence-corrected chi connectivity index (χ3v) is 4.80. The maximum atomic E-state index is 5.48. The number of nitrogens with zero attached hydrogens (tertiary/aromatic N) is 1. The minimum absolute atomic E-state index is 0.639. The summed E-state index contributed by atoms with van der Waals surface area (Å²) < 4.78 is 5.48. The molecule has 0 aromatic rings. The Bertz CT molecular complexity index is 311. The van der Waals surface area contributed by atoms with Crippen molar-refractivity contribution in [2.45, 2.75) is 65.0 Å². The summed E-state index contributed by atoms with van der Waals surface area (Å²) in [7, 11) is 0. The van der Waals surface area contributed by atoms with E-state index in [2.05, 4.69) is 37.1 Å². The lowest BCUT2D eigenvalue weighted by atomic mass is 10.0. The number of nitrogens with one attached hydrogen (secondary N) is 1. The largest absolute Gasteiger partial charge is 0.381 e. The normalized spacial score (nSPS) is 26.0. The van der Waals surface area contributed by atoms with Gasteiger partial charge < -0.3 is 15.0 Å². The van der Waals surface area contributed by atoms with Crippen molar-refractivity contribution in [1.29, 1.82) is 0 Å². The summed E-state index contributed by atoms with van der Waals surface area (Å²) in [4.78, 5) is 2.64. The van der Waals surface area contributed by atoms with E-state index in [9.17, 15) is 0 Å². The molecule has 2 unspecified atom stereocenters. The smallest absolute Gasteiger partial charge is 0.0507 e. The average molecular weight is 294 g/mol. The van der Waals surface area contributed by atoms with Crippen LogP contribution in [0.5, 0.6) is 0 Å². The van der Waals surface area contributed by atoms with Gasteiger partial charge in [0.2, 0.25) is 0 Å². The van der Waals surface area contributed by atoms with Gasteiger partial charge in [-0.3, -0.25) is 0 Å². The first-order valence-electron chi connectivity index (χ1n) is 8.83. The van der Waals surface area contributed by atoms with Gasteiger partial charge in [-0.15, -0.1) is 0 Å². The van der Waals surface area contributed by atoms with Crippen LogP contribution in [0.15, 0.2) is 11.6 Å². The van der Waals surface area contributed by atoms with Crippen molar-refractivity contribution in [3.8, 4) is 0 Å². The minimum Gasteiger partial charge on any atom is -0.381 e. The predicted molar refractivity (Wildman–Crippen MR) is 89.7 cm³/mol. The molecular weight excluding hydrogens is 260 g/mol. The number of rotatable bonds is 7. The Balaban J connectivity index is 1.58. The highest BCUT2D eigenvalue weighted by Crippen LogP contribution is 2.18. The van der Waals surface area contributed by atoms with Crippen molar-refractivity contribution in [2.75, 3.05) is 32.8 Å². The van der Waals surface area contributed by atoms with Crippen molar-refractivity contribution in [2.24, 2.45) is 5.92 Å². The van der Waals surface area contributed by atoms with E-state index < -0.39 is 0 Å². The van der Waals surface area contributed by atoms with E-state index in [4.69, 9.17) is 4.74 Å². The van der Waals surface area contributed by atoms with Crippen LogP contribution in [0.3, 0.4) is 0 Å². The van der Waals surface area contributed by atoms with E-state index in [-0.39, 0.29) is 0 Å². The van der Waals surface area contributed by atoms with Gasteiger partial charge in [0.05, 0.1) is 6.61 Å². The summed E-state index contributed by atoms with van der Waals surface area (Å²) in [5.41, 5.74) is 1.44. The first kappa shape index (κ1) is 17.0. The number of allylic oxidation sites excluding steroid dienone is 2. The molecule has 2 aliphatic rings. The molecule has 0 spiro atoms. The van der Waals surface area contributed by atoms with Gasteiger partial charge in [0.1, 0.15) is 0 Å². The molecule has 2 atom stereocenters. The van der Waals surface area contributed by atoms with E-state index in [0.29, 0.717) is 6.04 Å². The summed E-state index contributed by atoms with van der Waals surface area (Å²) in [6.07, 6.45) is 8.69. The molecule has 3 heteroatoms. The highest BCUT2D eigenvalue weighted by atomic mass is 16.5. The monoisotopic (exact) mass is 294 g/mol. The molecule has 0 bridgehead atoms. The fourth-order valence-electron chi connectivity index (χ4n) is 3.48. The number of ether oxygens (including phenoxy) is 1. The van der Waals surface area contributed by atoms with Crippen molar-refractivity contribution in [3.05, 3.63) is 11.6 Å². The standard InChI is InChI=1S/C18H34N2O/c1-15(2)5-4-6-16(3)19-18-7-10-20(11-8-18)13-17-9-12-21-14-17/h5,16-19H,4,6-14H2,1-3H3. The summed E-state index contributed by atoms with van der Waals surface area (Å²) in [6, 6.07) is 1.36. The molecule has 2 rings (SSSR count). The Labute approximate surface area is 131 Å². The number of hydrogen-bond acceptors (Lipinski definition) is 3. The molecule has 2 aliphatic heterocycles. The molecule has 0 aromatic heterocycles. The number of hydrogen-bond donors (Lipinski definition) is 1. The van der Waals surface area contributed by atoms with Crippen molar-refractivity contribution < 1.29 is 4.74 Å². The van der Waals surface area contributed by atoms with Gasteiger partial charge in [-0.25, -0.2) is 0 Å². The molecule has 0 saturated carbocycles. The zero-order valence-electron chi connectivity index (χ0n) is 14.2. The van der Waals surface area contributed by atoms with Crippen molar-refractivity contribution in [1.82, 2.24) is 10.2 Å². The van der Waals surface area contributed by atoms with Crippen LogP contribution in [0.1, 0.15) is 52.9 Å². The molecule has 0 radical (unpaired) electrons.